The van der Waals surface area contributed by atoms with Gasteiger partial charge in [-0.3, -0.25) is 0 Å². The summed E-state index contributed by atoms with van der Waals surface area (Å²) in [5, 5.41) is 0. The van der Waals surface area contributed by atoms with Crippen molar-refractivity contribution in [3.8, 4) is 11.4 Å². The molecule has 0 saturated carbocycles. The van der Waals surface area contributed by atoms with Crippen LogP contribution in [0.2, 0.25) is 0 Å². The van der Waals surface area contributed by atoms with E-state index in [1.54, 1.807) is 24.5 Å². The zero-order valence-electron chi connectivity index (χ0n) is 19.1. The fourth-order valence-corrected chi connectivity index (χ4v) is 3.78. The minimum atomic E-state index is -0.894. The van der Waals surface area contributed by atoms with Gasteiger partial charge in [-0.15, -0.1) is 0 Å². The molecule has 0 aliphatic heterocycles. The van der Waals surface area contributed by atoms with Crippen LogP contribution in [0.4, 0.5) is 13.2 Å². The Morgan fingerprint density at radius 1 is 0.774 bits per heavy atom. The zero-order chi connectivity index (χ0) is 22.5. The first-order valence-corrected chi connectivity index (χ1v) is 11.9. The van der Waals surface area contributed by atoms with Gasteiger partial charge in [-0.25, -0.2) is 23.1 Å². The van der Waals surface area contributed by atoms with Crippen LogP contribution in [-0.4, -0.2) is 16.1 Å². The van der Waals surface area contributed by atoms with E-state index in [0.29, 0.717) is 24.8 Å². The van der Waals surface area contributed by atoms with Gasteiger partial charge < -0.3 is 0 Å². The quantitative estimate of drug-likeness (QED) is 0.264. The van der Waals surface area contributed by atoms with Gasteiger partial charge in [0.1, 0.15) is 0 Å². The number of aryl methyl sites for hydroxylation is 2. The van der Waals surface area contributed by atoms with Crippen molar-refractivity contribution in [2.75, 3.05) is 0 Å². The number of aromatic nitrogens is 2. The average molecular weight is 435 g/mol. The van der Waals surface area contributed by atoms with Crippen molar-refractivity contribution in [2.45, 2.75) is 103 Å². The molecule has 2 aromatic rings. The van der Waals surface area contributed by atoms with Crippen LogP contribution < -0.4 is 0 Å². The first-order valence-electron chi connectivity index (χ1n) is 11.9. The molecule has 0 N–H and O–H groups in total. The summed E-state index contributed by atoms with van der Waals surface area (Å²) >= 11 is 0. The first kappa shape index (κ1) is 25.4. The van der Waals surface area contributed by atoms with Gasteiger partial charge in [0.2, 0.25) is 0 Å². The van der Waals surface area contributed by atoms with Crippen molar-refractivity contribution in [1.29, 1.82) is 0 Å². The molecule has 0 fully saturated rings. The Morgan fingerprint density at radius 3 is 2.06 bits per heavy atom. The van der Waals surface area contributed by atoms with Crippen molar-refractivity contribution in [1.82, 2.24) is 9.97 Å². The summed E-state index contributed by atoms with van der Waals surface area (Å²) < 4.78 is 41.9. The van der Waals surface area contributed by atoms with Gasteiger partial charge in [-0.1, -0.05) is 64.4 Å². The molecule has 0 spiro atoms. The van der Waals surface area contributed by atoms with E-state index in [2.05, 4.69) is 16.9 Å². The molecule has 1 aromatic heterocycles. The number of nitrogens with zero attached hydrogens (tertiary/aromatic N) is 2. The summed E-state index contributed by atoms with van der Waals surface area (Å²) in [6.07, 6.45) is 15.5. The summed E-state index contributed by atoms with van der Waals surface area (Å²) in [6.45, 7) is 3.76. The topological polar surface area (TPSA) is 25.8 Å². The molecule has 1 unspecified atom stereocenters. The van der Waals surface area contributed by atoms with Crippen molar-refractivity contribution < 1.29 is 13.2 Å². The molecule has 1 heterocycles. The zero-order valence-corrected chi connectivity index (χ0v) is 19.1. The molecular weight excluding hydrogens is 397 g/mol. The van der Waals surface area contributed by atoms with E-state index in [1.165, 1.54) is 45.4 Å². The highest BCUT2D eigenvalue weighted by molar-refractivity contribution is 5.56. The molecule has 0 aliphatic rings. The number of hydrogen-bond acceptors (Lipinski definition) is 2. The number of alkyl halides is 1. The predicted octanol–water partition coefficient (Wildman–Crippen LogP) is 8.18. The third-order valence-electron chi connectivity index (χ3n) is 5.73. The Labute approximate surface area is 185 Å². The number of benzene rings is 1. The fraction of sp³-hybridized carbons (Fsp3) is 0.615. The molecule has 2 rings (SSSR count). The summed E-state index contributed by atoms with van der Waals surface area (Å²) in [5.74, 6) is -1.51. The van der Waals surface area contributed by atoms with Crippen LogP contribution in [0.25, 0.3) is 11.4 Å². The second-order valence-corrected chi connectivity index (χ2v) is 8.57. The lowest BCUT2D eigenvalue weighted by atomic mass is 10.0. The smallest absolute Gasteiger partial charge is 0.170 e. The maximum absolute atomic E-state index is 14.6. The summed E-state index contributed by atoms with van der Waals surface area (Å²) in [4.78, 5) is 8.54. The molecule has 0 aliphatic carbocycles. The third kappa shape index (κ3) is 9.00. The Balaban J connectivity index is 1.84. The number of halogens is 3. The molecule has 0 saturated heterocycles. The van der Waals surface area contributed by atoms with Crippen LogP contribution in [0.1, 0.15) is 95.6 Å². The molecule has 1 aromatic carbocycles. The molecule has 2 nitrogen and oxygen atoms in total. The van der Waals surface area contributed by atoms with E-state index in [0.717, 1.165) is 31.2 Å². The Kier molecular flexibility index (Phi) is 11.6. The van der Waals surface area contributed by atoms with Gasteiger partial charge >= 0.3 is 0 Å². The third-order valence-corrected chi connectivity index (χ3v) is 5.73. The van der Waals surface area contributed by atoms with Gasteiger partial charge in [0.25, 0.3) is 0 Å². The molecule has 172 valence electrons. The minimum absolute atomic E-state index is 0.0926. The molecule has 1 atom stereocenters. The van der Waals surface area contributed by atoms with E-state index in [9.17, 15) is 13.2 Å². The predicted molar refractivity (Wildman–Crippen MR) is 122 cm³/mol. The van der Waals surface area contributed by atoms with Crippen LogP contribution >= 0.6 is 0 Å². The maximum atomic E-state index is 14.6. The van der Waals surface area contributed by atoms with Crippen molar-refractivity contribution in [3.05, 3.63) is 47.3 Å². The summed E-state index contributed by atoms with van der Waals surface area (Å²) in [7, 11) is 0. The summed E-state index contributed by atoms with van der Waals surface area (Å²) in [6, 6.07) is 3.17. The minimum Gasteiger partial charge on any atom is -0.248 e. The second-order valence-electron chi connectivity index (χ2n) is 8.57. The highest BCUT2D eigenvalue weighted by Gasteiger charge is 2.16. The molecule has 0 amide bonds. The van der Waals surface area contributed by atoms with Crippen LogP contribution in [0.5, 0.6) is 0 Å². The average Bonchev–Trinajstić information content (AvgIpc) is 2.76. The first-order chi connectivity index (χ1) is 15.0. The van der Waals surface area contributed by atoms with Crippen molar-refractivity contribution >= 4 is 0 Å². The van der Waals surface area contributed by atoms with Crippen molar-refractivity contribution in [3.63, 3.8) is 0 Å². The Hall–Kier alpha value is -1.91. The number of rotatable bonds is 15. The molecule has 5 heteroatoms. The van der Waals surface area contributed by atoms with Gasteiger partial charge in [0.05, 0.1) is 11.7 Å². The van der Waals surface area contributed by atoms with Crippen LogP contribution in [0, 0.1) is 11.6 Å². The van der Waals surface area contributed by atoms with E-state index >= 15 is 0 Å². The molecular formula is C26H37F3N2. The van der Waals surface area contributed by atoms with Gasteiger partial charge in [0.15, 0.2) is 17.5 Å². The van der Waals surface area contributed by atoms with Gasteiger partial charge in [-0.2, -0.15) is 0 Å². The molecule has 0 radical (unpaired) electrons. The highest BCUT2D eigenvalue weighted by atomic mass is 19.2. The largest absolute Gasteiger partial charge is 0.248 e. The monoisotopic (exact) mass is 434 g/mol. The van der Waals surface area contributed by atoms with E-state index in [-0.39, 0.29) is 11.4 Å². The van der Waals surface area contributed by atoms with Gasteiger partial charge in [0, 0.05) is 12.4 Å². The standard InChI is InChI=1S/C26H37F3N2/c1-3-4-5-6-7-8-11-14-21-18-30-26(31-19-21)23-17-16-22(24(28)25(23)29)15-12-9-10-13-20(2)27/h16-20H,3-15H2,1-2H3. The lowest BCUT2D eigenvalue weighted by Crippen LogP contribution is -2.01. The van der Waals surface area contributed by atoms with Crippen LogP contribution in [0.15, 0.2) is 24.5 Å². The summed E-state index contributed by atoms with van der Waals surface area (Å²) in [5.41, 5.74) is 1.47. The van der Waals surface area contributed by atoms with Gasteiger partial charge in [-0.05, 0) is 56.2 Å². The Morgan fingerprint density at radius 2 is 1.39 bits per heavy atom. The van der Waals surface area contributed by atoms with Crippen LogP contribution in [0.3, 0.4) is 0 Å². The van der Waals surface area contributed by atoms with Crippen LogP contribution in [-0.2, 0) is 12.8 Å². The van der Waals surface area contributed by atoms with E-state index in [4.69, 9.17) is 0 Å². The Bertz CT molecular complexity index is 760. The lowest BCUT2D eigenvalue weighted by Gasteiger charge is -2.09. The van der Waals surface area contributed by atoms with E-state index < -0.39 is 17.8 Å². The van der Waals surface area contributed by atoms with E-state index in [1.807, 2.05) is 0 Å². The van der Waals surface area contributed by atoms with Crippen molar-refractivity contribution in [2.24, 2.45) is 0 Å². The SMILES string of the molecule is CCCCCCCCCc1cnc(-c2ccc(CCCCCC(C)F)c(F)c2F)nc1. The molecule has 0 bridgehead atoms. The number of hydrogen-bond donors (Lipinski definition) is 0. The lowest BCUT2D eigenvalue weighted by molar-refractivity contribution is 0.330. The highest BCUT2D eigenvalue weighted by Crippen LogP contribution is 2.25. The fourth-order valence-electron chi connectivity index (χ4n) is 3.78. The number of unbranched alkanes of at least 4 members (excludes halogenated alkanes) is 8. The normalized spacial score (nSPS) is 12.3. The maximum Gasteiger partial charge on any atom is 0.170 e. The second kappa shape index (κ2) is 14.2. The molecule has 31 heavy (non-hydrogen) atoms.